The van der Waals surface area contributed by atoms with Gasteiger partial charge in [-0.25, -0.2) is 4.79 Å². The Morgan fingerprint density at radius 3 is 2.37 bits per heavy atom. The van der Waals surface area contributed by atoms with E-state index in [2.05, 4.69) is 0 Å². The molecule has 0 heterocycles. The summed E-state index contributed by atoms with van der Waals surface area (Å²) in [5.41, 5.74) is 0.314. The number of nitrogens with zero attached hydrogens (tertiary/aromatic N) is 1. The number of hydrogen-bond acceptors (Lipinski definition) is 2. The third-order valence-corrected chi connectivity index (χ3v) is 3.24. The molecule has 1 unspecified atom stereocenters. The lowest BCUT2D eigenvalue weighted by Crippen LogP contribution is -2.35. The van der Waals surface area contributed by atoms with Gasteiger partial charge in [-0.2, -0.15) is 0 Å². The Kier molecular flexibility index (Phi) is 5.11. The van der Waals surface area contributed by atoms with Crippen LogP contribution in [0.2, 0.25) is 10.0 Å². The van der Waals surface area contributed by atoms with Crippen LogP contribution in [0.5, 0.6) is 0 Å². The topological polar surface area (TPSA) is 29.5 Å². The number of rotatable bonds is 2. The first-order valence-corrected chi connectivity index (χ1v) is 6.78. The molecule has 3 nitrogen and oxygen atoms in total. The Labute approximate surface area is 124 Å². The summed E-state index contributed by atoms with van der Waals surface area (Å²) in [6, 6.07) is 5.04. The van der Waals surface area contributed by atoms with Crippen LogP contribution in [0.1, 0.15) is 39.3 Å². The van der Waals surface area contributed by atoms with E-state index in [0.29, 0.717) is 10.0 Å². The third-order valence-electron chi connectivity index (χ3n) is 2.68. The van der Waals surface area contributed by atoms with Gasteiger partial charge in [0.25, 0.3) is 0 Å². The molecule has 19 heavy (non-hydrogen) atoms. The van der Waals surface area contributed by atoms with E-state index in [1.165, 1.54) is 4.90 Å². The maximum absolute atomic E-state index is 12.0. The second kappa shape index (κ2) is 6.02. The lowest BCUT2D eigenvalue weighted by Gasteiger charge is -2.29. The van der Waals surface area contributed by atoms with E-state index in [1.54, 1.807) is 19.2 Å². The van der Waals surface area contributed by atoms with Gasteiger partial charge in [0.05, 0.1) is 6.04 Å². The molecule has 0 aromatic heterocycles. The number of halogens is 2. The standard InChI is InChI=1S/C14H19Cl2NO2/c1-9(11-7-6-10(15)8-12(11)16)17(5)13(18)19-14(2,3)4/h6-9H,1-5H3. The molecule has 0 aliphatic heterocycles. The van der Waals surface area contributed by atoms with Gasteiger partial charge in [0.1, 0.15) is 5.60 Å². The molecular formula is C14H19Cl2NO2. The average molecular weight is 304 g/mol. The van der Waals surface area contributed by atoms with Crippen molar-refractivity contribution in [3.63, 3.8) is 0 Å². The lowest BCUT2D eigenvalue weighted by molar-refractivity contribution is 0.0234. The molecule has 0 saturated carbocycles. The van der Waals surface area contributed by atoms with Crippen molar-refractivity contribution >= 4 is 29.3 Å². The van der Waals surface area contributed by atoms with Gasteiger partial charge in [0, 0.05) is 17.1 Å². The molecule has 0 N–H and O–H groups in total. The van der Waals surface area contributed by atoms with Gasteiger partial charge >= 0.3 is 6.09 Å². The maximum Gasteiger partial charge on any atom is 0.410 e. The highest BCUT2D eigenvalue weighted by Gasteiger charge is 2.24. The SMILES string of the molecule is CC(c1ccc(Cl)cc1Cl)N(C)C(=O)OC(C)(C)C. The van der Waals surface area contributed by atoms with E-state index < -0.39 is 5.60 Å². The summed E-state index contributed by atoms with van der Waals surface area (Å²) in [6.45, 7) is 7.38. The normalized spacial score (nSPS) is 13.0. The second-order valence-corrected chi connectivity index (χ2v) is 6.28. The van der Waals surface area contributed by atoms with E-state index in [4.69, 9.17) is 27.9 Å². The molecule has 0 fully saturated rings. The van der Waals surface area contributed by atoms with Crippen LogP contribution in [-0.2, 0) is 4.74 Å². The lowest BCUT2D eigenvalue weighted by atomic mass is 10.1. The van der Waals surface area contributed by atoms with Gasteiger partial charge in [0.2, 0.25) is 0 Å². The van der Waals surface area contributed by atoms with E-state index in [9.17, 15) is 4.79 Å². The van der Waals surface area contributed by atoms with Crippen LogP contribution in [0, 0.1) is 0 Å². The van der Waals surface area contributed by atoms with Crippen molar-refractivity contribution in [2.75, 3.05) is 7.05 Å². The molecule has 1 rings (SSSR count). The number of amides is 1. The minimum absolute atomic E-state index is 0.195. The molecule has 1 aromatic carbocycles. The van der Waals surface area contributed by atoms with Gasteiger partial charge in [-0.1, -0.05) is 29.3 Å². The van der Waals surface area contributed by atoms with Crippen LogP contribution >= 0.6 is 23.2 Å². The number of benzene rings is 1. The number of hydrogen-bond donors (Lipinski definition) is 0. The predicted octanol–water partition coefficient (Wildman–Crippen LogP) is 4.92. The number of carbonyl (C=O) groups is 1. The quantitative estimate of drug-likeness (QED) is 0.776. The van der Waals surface area contributed by atoms with Crippen LogP contribution in [0.3, 0.4) is 0 Å². The third kappa shape index (κ3) is 4.59. The minimum Gasteiger partial charge on any atom is -0.444 e. The summed E-state index contributed by atoms with van der Waals surface area (Å²) in [7, 11) is 1.68. The van der Waals surface area contributed by atoms with Crippen molar-refractivity contribution in [2.24, 2.45) is 0 Å². The van der Waals surface area contributed by atoms with Crippen LogP contribution in [-0.4, -0.2) is 23.6 Å². The second-order valence-electron chi connectivity index (χ2n) is 5.43. The molecule has 5 heteroatoms. The highest BCUT2D eigenvalue weighted by molar-refractivity contribution is 6.35. The molecule has 0 bridgehead atoms. The summed E-state index contributed by atoms with van der Waals surface area (Å²) in [5, 5.41) is 1.11. The van der Waals surface area contributed by atoms with Crippen LogP contribution in [0.4, 0.5) is 4.79 Å². The first-order chi connectivity index (χ1) is 8.61. The minimum atomic E-state index is -0.519. The molecule has 0 radical (unpaired) electrons. The Morgan fingerprint density at radius 2 is 1.89 bits per heavy atom. The Bertz CT molecular complexity index is 469. The van der Waals surface area contributed by atoms with E-state index in [0.717, 1.165) is 5.56 Å². The summed E-state index contributed by atoms with van der Waals surface area (Å²) in [5.74, 6) is 0. The van der Waals surface area contributed by atoms with Crippen LogP contribution < -0.4 is 0 Å². The van der Waals surface area contributed by atoms with Crippen molar-refractivity contribution in [3.05, 3.63) is 33.8 Å². The van der Waals surface area contributed by atoms with Crippen molar-refractivity contribution in [1.82, 2.24) is 4.90 Å². The maximum atomic E-state index is 12.0. The molecule has 0 aliphatic carbocycles. The molecule has 0 aliphatic rings. The number of carbonyl (C=O) groups excluding carboxylic acids is 1. The van der Waals surface area contributed by atoms with Gasteiger partial charge < -0.3 is 9.64 Å². The highest BCUT2D eigenvalue weighted by atomic mass is 35.5. The largest absolute Gasteiger partial charge is 0.444 e. The summed E-state index contributed by atoms with van der Waals surface area (Å²) >= 11 is 12.0. The monoisotopic (exact) mass is 303 g/mol. The van der Waals surface area contributed by atoms with Crippen LogP contribution in [0.25, 0.3) is 0 Å². The average Bonchev–Trinajstić information content (AvgIpc) is 2.24. The van der Waals surface area contributed by atoms with Gasteiger partial charge in [-0.15, -0.1) is 0 Å². The molecule has 0 spiro atoms. The predicted molar refractivity (Wildman–Crippen MR) is 78.9 cm³/mol. The fourth-order valence-electron chi connectivity index (χ4n) is 1.54. The zero-order valence-electron chi connectivity index (χ0n) is 11.8. The smallest absolute Gasteiger partial charge is 0.410 e. The van der Waals surface area contributed by atoms with E-state index in [1.807, 2.05) is 33.8 Å². The molecule has 1 aromatic rings. The molecule has 0 saturated heterocycles. The Balaban J connectivity index is 2.87. The van der Waals surface area contributed by atoms with E-state index >= 15 is 0 Å². The van der Waals surface area contributed by atoms with Gasteiger partial charge in [-0.3, -0.25) is 0 Å². The molecule has 1 amide bonds. The van der Waals surface area contributed by atoms with E-state index in [-0.39, 0.29) is 12.1 Å². The molecular weight excluding hydrogens is 285 g/mol. The van der Waals surface area contributed by atoms with Crippen molar-refractivity contribution in [3.8, 4) is 0 Å². The fraction of sp³-hybridized carbons (Fsp3) is 0.500. The fourth-order valence-corrected chi connectivity index (χ4v) is 2.11. The zero-order chi connectivity index (χ0) is 14.8. The molecule has 1 atom stereocenters. The summed E-state index contributed by atoms with van der Waals surface area (Å²) in [6.07, 6.45) is -0.383. The first kappa shape index (κ1) is 16.1. The van der Waals surface area contributed by atoms with Gasteiger partial charge in [0.15, 0.2) is 0 Å². The summed E-state index contributed by atoms with van der Waals surface area (Å²) in [4.78, 5) is 13.5. The number of ether oxygens (including phenoxy) is 1. The zero-order valence-corrected chi connectivity index (χ0v) is 13.3. The highest BCUT2D eigenvalue weighted by Crippen LogP contribution is 2.29. The van der Waals surface area contributed by atoms with Crippen molar-refractivity contribution in [1.29, 1.82) is 0 Å². The first-order valence-electron chi connectivity index (χ1n) is 6.02. The van der Waals surface area contributed by atoms with Crippen molar-refractivity contribution < 1.29 is 9.53 Å². The van der Waals surface area contributed by atoms with Gasteiger partial charge in [-0.05, 0) is 45.4 Å². The molecule has 106 valence electrons. The van der Waals surface area contributed by atoms with Crippen molar-refractivity contribution in [2.45, 2.75) is 39.3 Å². The van der Waals surface area contributed by atoms with Crippen LogP contribution in [0.15, 0.2) is 18.2 Å². The summed E-state index contributed by atoms with van der Waals surface area (Å²) < 4.78 is 5.32. The Morgan fingerprint density at radius 1 is 1.32 bits per heavy atom. The Hall–Kier alpha value is -0.930.